The van der Waals surface area contributed by atoms with Crippen molar-refractivity contribution in [1.82, 2.24) is 19.8 Å². The van der Waals surface area contributed by atoms with E-state index in [0.717, 1.165) is 35.1 Å². The van der Waals surface area contributed by atoms with Crippen LogP contribution >= 0.6 is 11.3 Å². The maximum atomic E-state index is 6.18. The molecule has 2 aromatic heterocycles. The first-order valence-corrected chi connectivity index (χ1v) is 5.95. The zero-order chi connectivity index (χ0) is 10.5. The summed E-state index contributed by atoms with van der Waals surface area (Å²) in [6, 6.07) is 0. The summed E-state index contributed by atoms with van der Waals surface area (Å²) in [5.74, 6) is 0.840. The van der Waals surface area contributed by atoms with E-state index >= 15 is 0 Å². The first-order valence-electron chi connectivity index (χ1n) is 5.13. The smallest absolute Gasteiger partial charge is 0.234 e. The van der Waals surface area contributed by atoms with Crippen LogP contribution in [0.1, 0.15) is 30.1 Å². The molecule has 2 N–H and O–H groups in total. The molecule has 0 atom stereocenters. The standard InChI is InChI=1S/C9H13N5S/c1-6-11-12-8-14(6)13-7(15-8)5-9(10)3-2-4-9/h2-5,10H2,1H3. The molecule has 3 rings (SSSR count). The molecule has 2 heterocycles. The lowest BCUT2D eigenvalue weighted by Gasteiger charge is -2.37. The molecule has 0 spiro atoms. The van der Waals surface area contributed by atoms with E-state index in [2.05, 4.69) is 15.3 Å². The van der Waals surface area contributed by atoms with Crippen LogP contribution in [0.4, 0.5) is 0 Å². The summed E-state index contributed by atoms with van der Waals surface area (Å²) < 4.78 is 1.79. The fraction of sp³-hybridized carbons (Fsp3) is 0.667. The Morgan fingerprint density at radius 2 is 2.27 bits per heavy atom. The molecule has 2 aromatic rings. The van der Waals surface area contributed by atoms with Crippen LogP contribution in [0.2, 0.25) is 0 Å². The Balaban J connectivity index is 1.91. The first-order chi connectivity index (χ1) is 7.16. The van der Waals surface area contributed by atoms with Gasteiger partial charge in [0.15, 0.2) is 5.82 Å². The van der Waals surface area contributed by atoms with Gasteiger partial charge in [-0.2, -0.15) is 9.61 Å². The Labute approximate surface area is 91.3 Å². The van der Waals surface area contributed by atoms with E-state index in [1.807, 2.05) is 6.92 Å². The lowest BCUT2D eigenvalue weighted by Crippen LogP contribution is -2.48. The average Bonchev–Trinajstić information content (AvgIpc) is 2.67. The fourth-order valence-electron chi connectivity index (χ4n) is 1.93. The van der Waals surface area contributed by atoms with E-state index in [9.17, 15) is 0 Å². The molecule has 15 heavy (non-hydrogen) atoms. The van der Waals surface area contributed by atoms with Gasteiger partial charge in [0.2, 0.25) is 4.96 Å². The SMILES string of the molecule is Cc1nnc2sc(CC3(N)CCC3)nn12. The van der Waals surface area contributed by atoms with Crippen molar-refractivity contribution >= 4 is 16.3 Å². The number of rotatable bonds is 2. The number of hydrogen-bond donors (Lipinski definition) is 1. The van der Waals surface area contributed by atoms with Crippen molar-refractivity contribution < 1.29 is 0 Å². The van der Waals surface area contributed by atoms with E-state index in [1.165, 1.54) is 6.42 Å². The van der Waals surface area contributed by atoms with Gasteiger partial charge in [-0.1, -0.05) is 11.3 Å². The van der Waals surface area contributed by atoms with Crippen LogP contribution in [0.5, 0.6) is 0 Å². The molecule has 5 nitrogen and oxygen atoms in total. The van der Waals surface area contributed by atoms with E-state index in [4.69, 9.17) is 5.73 Å². The number of hydrogen-bond acceptors (Lipinski definition) is 5. The zero-order valence-corrected chi connectivity index (χ0v) is 9.42. The second-order valence-corrected chi connectivity index (χ2v) is 5.37. The van der Waals surface area contributed by atoms with E-state index < -0.39 is 0 Å². The molecule has 0 aliphatic heterocycles. The summed E-state index contributed by atoms with van der Waals surface area (Å²) in [4.78, 5) is 0.866. The maximum Gasteiger partial charge on any atom is 0.234 e. The third-order valence-corrected chi connectivity index (χ3v) is 3.94. The third kappa shape index (κ3) is 1.44. The fourth-order valence-corrected chi connectivity index (χ4v) is 2.97. The normalized spacial score (nSPS) is 19.3. The van der Waals surface area contributed by atoms with Gasteiger partial charge in [0, 0.05) is 12.0 Å². The van der Waals surface area contributed by atoms with Crippen molar-refractivity contribution in [3.63, 3.8) is 0 Å². The van der Waals surface area contributed by atoms with Gasteiger partial charge >= 0.3 is 0 Å². The molecule has 1 aliphatic carbocycles. The Morgan fingerprint density at radius 1 is 1.47 bits per heavy atom. The molecule has 80 valence electrons. The van der Waals surface area contributed by atoms with Gasteiger partial charge in [-0.05, 0) is 26.2 Å². The molecule has 1 aliphatic rings. The molecule has 6 heteroatoms. The number of aromatic nitrogens is 4. The molecule has 0 amide bonds. The number of aryl methyl sites for hydroxylation is 1. The molecule has 0 bridgehead atoms. The predicted octanol–water partition coefficient (Wildman–Crippen LogP) is 0.918. The van der Waals surface area contributed by atoms with Crippen molar-refractivity contribution in [2.24, 2.45) is 5.73 Å². The van der Waals surface area contributed by atoms with Crippen molar-refractivity contribution in [2.45, 2.75) is 38.1 Å². The molecular formula is C9H13N5S. The molecular weight excluding hydrogens is 210 g/mol. The van der Waals surface area contributed by atoms with E-state index in [0.29, 0.717) is 0 Å². The Morgan fingerprint density at radius 3 is 2.87 bits per heavy atom. The number of nitrogens with zero attached hydrogens (tertiary/aromatic N) is 4. The maximum absolute atomic E-state index is 6.18. The summed E-state index contributed by atoms with van der Waals surface area (Å²) in [5.41, 5.74) is 6.18. The quantitative estimate of drug-likeness (QED) is 0.822. The van der Waals surface area contributed by atoms with Gasteiger partial charge in [-0.15, -0.1) is 10.2 Å². The van der Waals surface area contributed by atoms with Crippen LogP contribution in [0, 0.1) is 6.92 Å². The number of nitrogens with two attached hydrogens (primary N) is 1. The van der Waals surface area contributed by atoms with Crippen LogP contribution in [0.25, 0.3) is 4.96 Å². The molecule has 0 unspecified atom stereocenters. The summed E-state index contributed by atoms with van der Waals surface area (Å²) >= 11 is 1.59. The van der Waals surface area contributed by atoms with E-state index in [-0.39, 0.29) is 5.54 Å². The molecule has 1 saturated carbocycles. The van der Waals surface area contributed by atoms with Crippen molar-refractivity contribution in [2.75, 3.05) is 0 Å². The van der Waals surface area contributed by atoms with Gasteiger partial charge < -0.3 is 5.73 Å². The average molecular weight is 223 g/mol. The summed E-state index contributed by atoms with van der Waals surface area (Å²) in [7, 11) is 0. The van der Waals surface area contributed by atoms with Crippen LogP contribution < -0.4 is 5.73 Å². The first kappa shape index (κ1) is 9.23. The highest BCUT2D eigenvalue weighted by atomic mass is 32.1. The van der Waals surface area contributed by atoms with Crippen LogP contribution in [-0.2, 0) is 6.42 Å². The summed E-state index contributed by atoms with van der Waals surface area (Å²) in [6.07, 6.45) is 4.36. The highest BCUT2D eigenvalue weighted by Crippen LogP contribution is 2.33. The lowest BCUT2D eigenvalue weighted by molar-refractivity contribution is 0.246. The van der Waals surface area contributed by atoms with Crippen LogP contribution in [0.15, 0.2) is 0 Å². The largest absolute Gasteiger partial charge is 0.325 e. The van der Waals surface area contributed by atoms with Gasteiger partial charge in [0.25, 0.3) is 0 Å². The second kappa shape index (κ2) is 2.99. The Kier molecular flexibility index (Phi) is 1.84. The second-order valence-electron chi connectivity index (χ2n) is 4.33. The summed E-state index contributed by atoms with van der Waals surface area (Å²) in [5, 5.41) is 13.5. The Hall–Kier alpha value is -1.01. The monoisotopic (exact) mass is 223 g/mol. The van der Waals surface area contributed by atoms with Gasteiger partial charge in [0.1, 0.15) is 5.01 Å². The van der Waals surface area contributed by atoms with E-state index in [1.54, 1.807) is 15.9 Å². The highest BCUT2D eigenvalue weighted by Gasteiger charge is 2.33. The van der Waals surface area contributed by atoms with Crippen LogP contribution in [0.3, 0.4) is 0 Å². The van der Waals surface area contributed by atoms with Gasteiger partial charge in [-0.25, -0.2) is 0 Å². The minimum Gasteiger partial charge on any atom is -0.325 e. The highest BCUT2D eigenvalue weighted by molar-refractivity contribution is 7.16. The summed E-state index contributed by atoms with van der Waals surface area (Å²) in [6.45, 7) is 1.91. The van der Waals surface area contributed by atoms with Crippen molar-refractivity contribution in [3.05, 3.63) is 10.8 Å². The minimum atomic E-state index is -0.00278. The lowest BCUT2D eigenvalue weighted by atomic mass is 9.75. The molecule has 1 fully saturated rings. The van der Waals surface area contributed by atoms with Crippen LogP contribution in [-0.4, -0.2) is 25.4 Å². The predicted molar refractivity (Wildman–Crippen MR) is 57.9 cm³/mol. The Bertz CT molecular complexity index is 496. The minimum absolute atomic E-state index is 0.00278. The molecule has 0 aromatic carbocycles. The van der Waals surface area contributed by atoms with Crippen molar-refractivity contribution in [1.29, 1.82) is 0 Å². The van der Waals surface area contributed by atoms with Crippen molar-refractivity contribution in [3.8, 4) is 0 Å². The van der Waals surface area contributed by atoms with Gasteiger partial charge in [-0.3, -0.25) is 0 Å². The number of fused-ring (bicyclic) bond motifs is 1. The molecule has 0 saturated heterocycles. The molecule has 0 radical (unpaired) electrons. The third-order valence-electron chi connectivity index (χ3n) is 3.04. The topological polar surface area (TPSA) is 69.1 Å². The zero-order valence-electron chi connectivity index (χ0n) is 8.60. The van der Waals surface area contributed by atoms with Gasteiger partial charge in [0.05, 0.1) is 0 Å².